The van der Waals surface area contributed by atoms with Crippen LogP contribution in [0.5, 0.6) is 11.5 Å². The van der Waals surface area contributed by atoms with Crippen LogP contribution in [0.3, 0.4) is 0 Å². The second kappa shape index (κ2) is 7.30. The van der Waals surface area contributed by atoms with Gasteiger partial charge in [0.25, 0.3) is 5.56 Å². The summed E-state index contributed by atoms with van der Waals surface area (Å²) < 4.78 is 36.6. The Bertz CT molecular complexity index is 1410. The standard InChI is InChI=1S/C20H18N4O5S/c1-28-13-9-10-15(29-2)14(11-13)17-21-18-16(19(25)22-17)20(30(3,26)27)23-24(18)12-7-5-4-6-8-12/h4-11H,1-3H3,(H,21,22,25). The number of methoxy groups -OCH3 is 2. The van der Waals surface area contributed by atoms with Gasteiger partial charge in [0.05, 0.1) is 25.5 Å². The van der Waals surface area contributed by atoms with E-state index in [1.807, 2.05) is 6.07 Å². The van der Waals surface area contributed by atoms with Crippen LogP contribution in [0, 0.1) is 0 Å². The molecular weight excluding hydrogens is 408 g/mol. The minimum atomic E-state index is -3.78. The Kier molecular flexibility index (Phi) is 4.78. The molecule has 0 fully saturated rings. The van der Waals surface area contributed by atoms with Crippen LogP contribution in [-0.4, -0.2) is 48.6 Å². The van der Waals surface area contributed by atoms with Crippen LogP contribution in [0.2, 0.25) is 0 Å². The van der Waals surface area contributed by atoms with E-state index >= 15 is 0 Å². The Morgan fingerprint density at radius 1 is 1.03 bits per heavy atom. The predicted molar refractivity (Wildman–Crippen MR) is 111 cm³/mol. The molecule has 2 aromatic carbocycles. The van der Waals surface area contributed by atoms with E-state index in [1.54, 1.807) is 42.5 Å². The van der Waals surface area contributed by atoms with Crippen molar-refractivity contribution in [1.82, 2.24) is 19.7 Å². The third-order valence-corrected chi connectivity index (χ3v) is 5.51. The van der Waals surface area contributed by atoms with Crippen molar-refractivity contribution in [3.05, 3.63) is 58.9 Å². The number of para-hydroxylation sites is 1. The number of nitrogens with zero attached hydrogens (tertiary/aromatic N) is 3. The smallest absolute Gasteiger partial charge is 0.263 e. The van der Waals surface area contributed by atoms with Gasteiger partial charge >= 0.3 is 0 Å². The van der Waals surface area contributed by atoms with Gasteiger partial charge in [0.15, 0.2) is 20.5 Å². The zero-order chi connectivity index (χ0) is 21.5. The lowest BCUT2D eigenvalue weighted by Crippen LogP contribution is -2.12. The molecule has 0 amide bonds. The summed E-state index contributed by atoms with van der Waals surface area (Å²) in [6, 6.07) is 13.9. The summed E-state index contributed by atoms with van der Waals surface area (Å²) in [5.41, 5.74) is 0.546. The molecule has 2 heterocycles. The fourth-order valence-corrected chi connectivity index (χ4v) is 3.92. The molecule has 0 saturated carbocycles. The average molecular weight is 426 g/mol. The number of H-pyrrole nitrogens is 1. The number of sulfone groups is 1. The fraction of sp³-hybridized carbons (Fsp3) is 0.150. The topological polar surface area (TPSA) is 116 Å². The molecule has 4 rings (SSSR count). The summed E-state index contributed by atoms with van der Waals surface area (Å²) in [5, 5.41) is 3.75. The van der Waals surface area contributed by atoms with Gasteiger partial charge in [-0.15, -0.1) is 0 Å². The van der Waals surface area contributed by atoms with Crippen molar-refractivity contribution in [2.24, 2.45) is 0 Å². The van der Waals surface area contributed by atoms with Crippen molar-refractivity contribution >= 4 is 20.9 Å². The number of rotatable bonds is 5. The Labute approximate surface area is 171 Å². The molecular formula is C20H18N4O5S. The lowest BCUT2D eigenvalue weighted by atomic mass is 10.1. The van der Waals surface area contributed by atoms with Gasteiger partial charge in [-0.25, -0.2) is 18.1 Å². The molecule has 0 unspecified atom stereocenters. The van der Waals surface area contributed by atoms with Gasteiger partial charge in [0, 0.05) is 6.26 Å². The van der Waals surface area contributed by atoms with Crippen molar-refractivity contribution < 1.29 is 17.9 Å². The first kappa shape index (κ1) is 19.6. The third kappa shape index (κ3) is 3.30. The predicted octanol–water partition coefficient (Wildman–Crippen LogP) is 2.20. The lowest BCUT2D eigenvalue weighted by Gasteiger charge is -2.10. The molecule has 0 saturated heterocycles. The Morgan fingerprint density at radius 2 is 1.77 bits per heavy atom. The minimum Gasteiger partial charge on any atom is -0.497 e. The normalized spacial score (nSPS) is 11.6. The third-order valence-electron chi connectivity index (χ3n) is 4.52. The minimum absolute atomic E-state index is 0.105. The maximum Gasteiger partial charge on any atom is 0.263 e. The van der Waals surface area contributed by atoms with Crippen molar-refractivity contribution in [2.45, 2.75) is 5.03 Å². The number of hydrogen-bond acceptors (Lipinski definition) is 7. The van der Waals surface area contributed by atoms with Gasteiger partial charge in [-0.05, 0) is 30.3 Å². The second-order valence-corrected chi connectivity index (χ2v) is 8.44. The molecule has 0 radical (unpaired) electrons. The molecule has 2 aromatic heterocycles. The molecule has 4 aromatic rings. The highest BCUT2D eigenvalue weighted by atomic mass is 32.2. The zero-order valence-electron chi connectivity index (χ0n) is 16.4. The summed E-state index contributed by atoms with van der Waals surface area (Å²) in [4.78, 5) is 20.1. The van der Waals surface area contributed by atoms with Gasteiger partial charge in [-0.3, -0.25) is 4.79 Å². The van der Waals surface area contributed by atoms with E-state index in [1.165, 1.54) is 18.9 Å². The van der Waals surface area contributed by atoms with Gasteiger partial charge in [-0.1, -0.05) is 18.2 Å². The summed E-state index contributed by atoms with van der Waals surface area (Å²) in [6.07, 6.45) is 1.00. The molecule has 0 aliphatic heterocycles. The first-order valence-electron chi connectivity index (χ1n) is 8.84. The summed E-state index contributed by atoms with van der Waals surface area (Å²) in [7, 11) is -0.757. The van der Waals surface area contributed by atoms with Crippen LogP contribution in [0.25, 0.3) is 28.1 Å². The molecule has 0 bridgehead atoms. The van der Waals surface area contributed by atoms with Crippen molar-refractivity contribution in [2.75, 3.05) is 20.5 Å². The molecule has 1 N–H and O–H groups in total. The van der Waals surface area contributed by atoms with E-state index < -0.39 is 15.4 Å². The van der Waals surface area contributed by atoms with Gasteiger partial charge in [0.2, 0.25) is 0 Å². The number of nitrogens with one attached hydrogen (secondary N) is 1. The van der Waals surface area contributed by atoms with Gasteiger partial charge < -0.3 is 14.5 Å². The number of fused-ring (bicyclic) bond motifs is 1. The number of benzene rings is 2. The SMILES string of the molecule is COc1ccc(OC)c(-c2nc3c(c(S(C)(=O)=O)nn3-c3ccccc3)c(=O)[nH]2)c1. The maximum absolute atomic E-state index is 13.0. The highest BCUT2D eigenvalue weighted by molar-refractivity contribution is 7.90. The van der Waals surface area contributed by atoms with Crippen LogP contribution < -0.4 is 15.0 Å². The Hall–Kier alpha value is -3.66. The number of aromatic amines is 1. The van der Waals surface area contributed by atoms with Crippen LogP contribution in [-0.2, 0) is 9.84 Å². The van der Waals surface area contributed by atoms with Crippen molar-refractivity contribution in [3.63, 3.8) is 0 Å². The van der Waals surface area contributed by atoms with Crippen molar-refractivity contribution in [1.29, 1.82) is 0 Å². The van der Waals surface area contributed by atoms with E-state index in [4.69, 9.17) is 9.47 Å². The maximum atomic E-state index is 13.0. The Balaban J connectivity index is 2.09. The highest BCUT2D eigenvalue weighted by Gasteiger charge is 2.25. The van der Waals surface area contributed by atoms with E-state index in [9.17, 15) is 13.2 Å². The van der Waals surface area contributed by atoms with E-state index in [-0.39, 0.29) is 21.9 Å². The quantitative estimate of drug-likeness (QED) is 0.520. The first-order chi connectivity index (χ1) is 14.3. The first-order valence-corrected chi connectivity index (χ1v) is 10.7. The number of aromatic nitrogens is 4. The van der Waals surface area contributed by atoms with Crippen molar-refractivity contribution in [3.8, 4) is 28.6 Å². The number of ether oxygens (including phenoxy) is 2. The van der Waals surface area contributed by atoms with Crippen LogP contribution in [0.4, 0.5) is 0 Å². The molecule has 0 atom stereocenters. The molecule has 0 aliphatic rings. The van der Waals surface area contributed by atoms with Crippen LogP contribution >= 0.6 is 0 Å². The molecule has 154 valence electrons. The Morgan fingerprint density at radius 3 is 2.40 bits per heavy atom. The fourth-order valence-electron chi connectivity index (χ4n) is 3.13. The summed E-state index contributed by atoms with van der Waals surface area (Å²) in [5.74, 6) is 1.20. The van der Waals surface area contributed by atoms with E-state index in [2.05, 4.69) is 15.1 Å². The number of hydrogen-bond donors (Lipinski definition) is 1. The summed E-state index contributed by atoms with van der Waals surface area (Å²) >= 11 is 0. The molecule has 10 heteroatoms. The molecule has 30 heavy (non-hydrogen) atoms. The van der Waals surface area contributed by atoms with E-state index in [0.717, 1.165) is 6.26 Å². The molecule has 9 nitrogen and oxygen atoms in total. The summed E-state index contributed by atoms with van der Waals surface area (Å²) in [6.45, 7) is 0. The monoisotopic (exact) mass is 426 g/mol. The lowest BCUT2D eigenvalue weighted by molar-refractivity contribution is 0.404. The van der Waals surface area contributed by atoms with Crippen LogP contribution in [0.15, 0.2) is 58.4 Å². The largest absolute Gasteiger partial charge is 0.497 e. The average Bonchev–Trinajstić information content (AvgIpc) is 3.14. The van der Waals surface area contributed by atoms with Gasteiger partial charge in [0.1, 0.15) is 22.7 Å². The van der Waals surface area contributed by atoms with E-state index in [0.29, 0.717) is 22.7 Å². The van der Waals surface area contributed by atoms with Gasteiger partial charge in [-0.2, -0.15) is 5.10 Å². The molecule has 0 aliphatic carbocycles. The highest BCUT2D eigenvalue weighted by Crippen LogP contribution is 2.32. The zero-order valence-corrected chi connectivity index (χ0v) is 17.2. The second-order valence-electron chi connectivity index (χ2n) is 6.50. The van der Waals surface area contributed by atoms with Crippen LogP contribution in [0.1, 0.15) is 0 Å². The molecule has 0 spiro atoms.